The monoisotopic (exact) mass is 259 g/mol. The van der Waals surface area contributed by atoms with Gasteiger partial charge in [-0.05, 0) is 6.04 Å². The maximum Gasteiger partial charge on any atom is 0.407 e. The highest BCUT2D eigenvalue weighted by Crippen LogP contribution is 2.08. The number of ether oxygens (including phenoxy) is 2. The average molecular weight is 259 g/mol. The van der Waals surface area contributed by atoms with E-state index in [9.17, 15) is 9.59 Å². The standard InChI is InChI=1S/C11H21NO4Si/c1-17(2,3)7-6-16-11(14)12-9-8-15-5-4-10(9)13/h9H,4-8H2,1-3H3,(H,12,14)/t9-/m0/s1. The van der Waals surface area contributed by atoms with Crippen LogP contribution in [0.2, 0.25) is 25.7 Å². The van der Waals surface area contributed by atoms with Crippen molar-refractivity contribution in [2.45, 2.75) is 38.1 Å². The molecule has 5 nitrogen and oxygen atoms in total. The number of hydrogen-bond acceptors (Lipinski definition) is 4. The molecule has 0 aromatic rings. The molecule has 1 amide bonds. The smallest absolute Gasteiger partial charge is 0.407 e. The van der Waals surface area contributed by atoms with Crippen LogP contribution in [0.1, 0.15) is 6.42 Å². The van der Waals surface area contributed by atoms with Gasteiger partial charge in [0.05, 0.1) is 19.8 Å². The first-order valence-electron chi connectivity index (χ1n) is 5.92. The Bertz CT molecular complexity index is 288. The van der Waals surface area contributed by atoms with Crippen LogP contribution in [-0.4, -0.2) is 45.8 Å². The van der Waals surface area contributed by atoms with Crippen molar-refractivity contribution in [3.63, 3.8) is 0 Å². The van der Waals surface area contributed by atoms with E-state index in [1.165, 1.54) is 0 Å². The van der Waals surface area contributed by atoms with Gasteiger partial charge in [-0.25, -0.2) is 4.79 Å². The summed E-state index contributed by atoms with van der Waals surface area (Å²) >= 11 is 0. The number of carbonyl (C=O) groups excluding carboxylic acids is 2. The summed E-state index contributed by atoms with van der Waals surface area (Å²) < 4.78 is 10.2. The number of alkyl carbamates (subject to hydrolysis) is 1. The fourth-order valence-corrected chi connectivity index (χ4v) is 2.11. The van der Waals surface area contributed by atoms with Gasteiger partial charge in [-0.2, -0.15) is 0 Å². The predicted molar refractivity (Wildman–Crippen MR) is 66.9 cm³/mol. The van der Waals surface area contributed by atoms with Gasteiger partial charge >= 0.3 is 6.09 Å². The van der Waals surface area contributed by atoms with Crippen molar-refractivity contribution < 1.29 is 19.1 Å². The zero-order valence-electron chi connectivity index (χ0n) is 10.7. The second kappa shape index (κ2) is 6.16. The second-order valence-electron chi connectivity index (χ2n) is 5.43. The molecule has 0 aromatic heterocycles. The van der Waals surface area contributed by atoms with Crippen molar-refractivity contribution in [2.24, 2.45) is 0 Å². The number of amides is 1. The first-order chi connectivity index (χ1) is 7.88. The lowest BCUT2D eigenvalue weighted by Gasteiger charge is -2.22. The summed E-state index contributed by atoms with van der Waals surface area (Å²) in [6, 6.07) is 0.387. The fraction of sp³-hybridized carbons (Fsp3) is 0.818. The fourth-order valence-electron chi connectivity index (χ4n) is 1.40. The molecular weight excluding hydrogens is 238 g/mol. The van der Waals surface area contributed by atoms with E-state index in [-0.39, 0.29) is 12.4 Å². The van der Waals surface area contributed by atoms with Gasteiger partial charge in [0.2, 0.25) is 0 Å². The summed E-state index contributed by atoms with van der Waals surface area (Å²) in [6.07, 6.45) is -0.160. The summed E-state index contributed by atoms with van der Waals surface area (Å²) in [5.74, 6) is 0.0124. The Balaban J connectivity index is 2.22. The molecule has 1 rings (SSSR count). The zero-order chi connectivity index (χ0) is 12.9. The normalized spacial score (nSPS) is 21.1. The molecule has 98 valence electrons. The quantitative estimate of drug-likeness (QED) is 0.775. The number of Topliss-reactive ketones (excluding diaryl/α,β-unsaturated/α-hetero) is 1. The van der Waals surface area contributed by atoms with E-state index in [1.54, 1.807) is 0 Å². The van der Waals surface area contributed by atoms with Gasteiger partial charge in [0.15, 0.2) is 5.78 Å². The van der Waals surface area contributed by atoms with Crippen LogP contribution in [-0.2, 0) is 14.3 Å². The van der Waals surface area contributed by atoms with Crippen molar-refractivity contribution in [2.75, 3.05) is 19.8 Å². The van der Waals surface area contributed by atoms with Gasteiger partial charge in [-0.1, -0.05) is 19.6 Å². The lowest BCUT2D eigenvalue weighted by Crippen LogP contribution is -2.47. The molecule has 1 aliphatic rings. The van der Waals surface area contributed by atoms with Crippen LogP contribution in [0.25, 0.3) is 0 Å². The Morgan fingerprint density at radius 2 is 2.24 bits per heavy atom. The van der Waals surface area contributed by atoms with Gasteiger partial charge in [0.25, 0.3) is 0 Å². The van der Waals surface area contributed by atoms with Gasteiger partial charge < -0.3 is 14.8 Å². The topological polar surface area (TPSA) is 64.6 Å². The third-order valence-corrected chi connectivity index (χ3v) is 4.25. The Kier molecular flexibility index (Phi) is 5.14. The highest BCUT2D eigenvalue weighted by Gasteiger charge is 2.25. The molecule has 0 bridgehead atoms. The summed E-state index contributed by atoms with van der Waals surface area (Å²) in [7, 11) is -1.19. The van der Waals surface area contributed by atoms with Crippen LogP contribution in [0.15, 0.2) is 0 Å². The molecule has 0 aliphatic carbocycles. The van der Waals surface area contributed by atoms with E-state index in [4.69, 9.17) is 9.47 Å². The third kappa shape index (κ3) is 5.83. The Hall–Kier alpha value is -0.883. The van der Waals surface area contributed by atoms with Crippen molar-refractivity contribution >= 4 is 20.0 Å². The molecule has 0 spiro atoms. The van der Waals surface area contributed by atoms with Gasteiger partial charge in [-0.15, -0.1) is 0 Å². The van der Waals surface area contributed by atoms with Crippen LogP contribution in [0.4, 0.5) is 4.79 Å². The second-order valence-corrected chi connectivity index (χ2v) is 11.1. The zero-order valence-corrected chi connectivity index (χ0v) is 11.7. The van der Waals surface area contributed by atoms with E-state index >= 15 is 0 Å². The summed E-state index contributed by atoms with van der Waals surface area (Å²) in [4.78, 5) is 22.8. The molecule has 1 fully saturated rings. The molecule has 0 radical (unpaired) electrons. The maximum atomic E-state index is 11.4. The van der Waals surface area contributed by atoms with Gasteiger partial charge in [0.1, 0.15) is 6.04 Å². The summed E-state index contributed by atoms with van der Waals surface area (Å²) in [6.45, 7) is 7.76. The first kappa shape index (κ1) is 14.2. The molecule has 0 aromatic carbocycles. The molecule has 1 aliphatic heterocycles. The summed E-state index contributed by atoms with van der Waals surface area (Å²) in [5, 5.41) is 2.53. The Labute approximate surface area is 103 Å². The Morgan fingerprint density at radius 3 is 2.82 bits per heavy atom. The van der Waals surface area contributed by atoms with Gasteiger partial charge in [-0.3, -0.25) is 4.79 Å². The number of rotatable bonds is 4. The third-order valence-electron chi connectivity index (χ3n) is 2.54. The number of carbonyl (C=O) groups is 2. The molecular formula is C11H21NO4Si. The largest absolute Gasteiger partial charge is 0.450 e. The SMILES string of the molecule is C[Si](C)(C)CCOC(=O)N[C@H]1COCCC1=O. The van der Waals surface area contributed by atoms with E-state index in [0.717, 1.165) is 6.04 Å². The van der Waals surface area contributed by atoms with Crippen molar-refractivity contribution in [1.29, 1.82) is 0 Å². The lowest BCUT2D eigenvalue weighted by atomic mass is 10.1. The predicted octanol–water partition coefficient (Wildman–Crippen LogP) is 1.41. The lowest BCUT2D eigenvalue weighted by molar-refractivity contribution is -0.127. The van der Waals surface area contributed by atoms with E-state index in [2.05, 4.69) is 25.0 Å². The maximum absolute atomic E-state index is 11.4. The molecule has 0 saturated carbocycles. The minimum Gasteiger partial charge on any atom is -0.450 e. The number of hydrogen-bond donors (Lipinski definition) is 1. The molecule has 1 heterocycles. The van der Waals surface area contributed by atoms with Crippen molar-refractivity contribution in [3.8, 4) is 0 Å². The van der Waals surface area contributed by atoms with Crippen LogP contribution in [0.5, 0.6) is 0 Å². The van der Waals surface area contributed by atoms with E-state index in [0.29, 0.717) is 19.6 Å². The molecule has 17 heavy (non-hydrogen) atoms. The minimum atomic E-state index is -1.19. The highest BCUT2D eigenvalue weighted by molar-refractivity contribution is 6.76. The van der Waals surface area contributed by atoms with Crippen LogP contribution < -0.4 is 5.32 Å². The van der Waals surface area contributed by atoms with Crippen LogP contribution in [0.3, 0.4) is 0 Å². The van der Waals surface area contributed by atoms with Crippen molar-refractivity contribution in [1.82, 2.24) is 5.32 Å². The molecule has 1 N–H and O–H groups in total. The van der Waals surface area contributed by atoms with Crippen LogP contribution in [0, 0.1) is 0 Å². The minimum absolute atomic E-state index is 0.0124. The molecule has 0 unspecified atom stereocenters. The summed E-state index contributed by atoms with van der Waals surface area (Å²) in [5.41, 5.74) is 0. The molecule has 1 atom stereocenters. The van der Waals surface area contributed by atoms with Crippen LogP contribution >= 0.6 is 0 Å². The first-order valence-corrected chi connectivity index (χ1v) is 9.63. The average Bonchev–Trinajstić information content (AvgIpc) is 2.19. The number of nitrogens with one attached hydrogen (secondary N) is 1. The van der Waals surface area contributed by atoms with E-state index in [1.807, 2.05) is 0 Å². The van der Waals surface area contributed by atoms with E-state index < -0.39 is 20.2 Å². The molecule has 6 heteroatoms. The Morgan fingerprint density at radius 1 is 1.53 bits per heavy atom. The van der Waals surface area contributed by atoms with Gasteiger partial charge in [0, 0.05) is 14.5 Å². The number of ketones is 1. The highest BCUT2D eigenvalue weighted by atomic mass is 28.3. The molecule has 1 saturated heterocycles. The van der Waals surface area contributed by atoms with Crippen molar-refractivity contribution in [3.05, 3.63) is 0 Å².